The van der Waals surface area contributed by atoms with E-state index < -0.39 is 0 Å². The van der Waals surface area contributed by atoms with Crippen LogP contribution in [0.5, 0.6) is 0 Å². The molecule has 5 nitrogen and oxygen atoms in total. The summed E-state index contributed by atoms with van der Waals surface area (Å²) in [6.07, 6.45) is 2.58. The van der Waals surface area contributed by atoms with Crippen molar-refractivity contribution in [2.45, 2.75) is 26.2 Å². The predicted molar refractivity (Wildman–Crippen MR) is 104 cm³/mol. The number of pyridine rings is 1. The number of nitrogens with one attached hydrogen (secondary N) is 2. The lowest BCUT2D eigenvalue weighted by Crippen LogP contribution is -2.27. The Morgan fingerprint density at radius 2 is 1.88 bits per heavy atom. The van der Waals surface area contributed by atoms with E-state index in [4.69, 9.17) is 0 Å². The summed E-state index contributed by atoms with van der Waals surface area (Å²) >= 11 is 0. The van der Waals surface area contributed by atoms with E-state index in [9.17, 15) is 4.79 Å². The Morgan fingerprint density at radius 3 is 2.52 bits per heavy atom. The summed E-state index contributed by atoms with van der Waals surface area (Å²) in [5.41, 5.74) is 2.87. The van der Waals surface area contributed by atoms with Crippen molar-refractivity contribution >= 4 is 17.4 Å². The fourth-order valence-corrected chi connectivity index (χ4v) is 2.44. The zero-order valence-corrected chi connectivity index (χ0v) is 15.5. The first kappa shape index (κ1) is 18.9. The maximum Gasteiger partial charge on any atom is 0.251 e. The van der Waals surface area contributed by atoms with Crippen LogP contribution in [0.1, 0.15) is 42.1 Å². The highest BCUT2D eigenvalue weighted by Crippen LogP contribution is 2.20. The first-order valence-electron chi connectivity index (χ1n) is 8.71. The molecule has 0 aliphatic rings. The molecule has 0 fully saturated rings. The van der Waals surface area contributed by atoms with Gasteiger partial charge in [0.25, 0.3) is 5.91 Å². The van der Waals surface area contributed by atoms with Gasteiger partial charge in [0.05, 0.1) is 0 Å². The van der Waals surface area contributed by atoms with Gasteiger partial charge in [0, 0.05) is 24.0 Å². The standard InChI is InChI=1S/C20H28N4O/c1-15(2)16-6-8-18(9-7-16)23-19-14-17(10-12-21-19)20(25)22-11-5-13-24(3)4/h6-10,12,14-15H,5,11,13H2,1-4H3,(H,21,23)(H,22,25). The van der Waals surface area contributed by atoms with Crippen molar-refractivity contribution in [3.05, 3.63) is 53.7 Å². The molecule has 1 heterocycles. The highest BCUT2D eigenvalue weighted by Gasteiger charge is 2.07. The van der Waals surface area contributed by atoms with E-state index in [0.29, 0.717) is 23.8 Å². The number of benzene rings is 1. The topological polar surface area (TPSA) is 57.3 Å². The van der Waals surface area contributed by atoms with Crippen molar-refractivity contribution in [3.8, 4) is 0 Å². The number of amides is 1. The maximum absolute atomic E-state index is 12.2. The molecule has 0 saturated heterocycles. The summed E-state index contributed by atoms with van der Waals surface area (Å²) < 4.78 is 0. The minimum absolute atomic E-state index is 0.0700. The van der Waals surface area contributed by atoms with E-state index in [1.165, 1.54) is 5.56 Å². The van der Waals surface area contributed by atoms with Crippen molar-refractivity contribution in [2.75, 3.05) is 32.5 Å². The van der Waals surface area contributed by atoms with Gasteiger partial charge in [0.1, 0.15) is 5.82 Å². The number of nitrogens with zero attached hydrogens (tertiary/aromatic N) is 2. The van der Waals surface area contributed by atoms with Crippen LogP contribution in [0, 0.1) is 0 Å². The smallest absolute Gasteiger partial charge is 0.251 e. The van der Waals surface area contributed by atoms with Crippen LogP contribution < -0.4 is 10.6 Å². The number of hydrogen-bond acceptors (Lipinski definition) is 4. The molecule has 0 saturated carbocycles. The Bertz CT molecular complexity index is 680. The fourth-order valence-electron chi connectivity index (χ4n) is 2.44. The number of aromatic nitrogens is 1. The van der Waals surface area contributed by atoms with E-state index in [2.05, 4.69) is 46.5 Å². The van der Waals surface area contributed by atoms with E-state index in [0.717, 1.165) is 18.7 Å². The number of hydrogen-bond donors (Lipinski definition) is 2. The molecular formula is C20H28N4O. The molecule has 1 amide bonds. The molecule has 0 aliphatic carbocycles. The molecule has 0 spiro atoms. The van der Waals surface area contributed by atoms with Crippen LogP contribution in [0.25, 0.3) is 0 Å². The van der Waals surface area contributed by atoms with Crippen LogP contribution in [0.15, 0.2) is 42.6 Å². The van der Waals surface area contributed by atoms with Crippen molar-refractivity contribution < 1.29 is 4.79 Å². The lowest BCUT2D eigenvalue weighted by molar-refractivity contribution is 0.0952. The SMILES string of the molecule is CC(C)c1ccc(Nc2cc(C(=O)NCCCN(C)C)ccn2)cc1. The third-order valence-corrected chi connectivity index (χ3v) is 3.94. The highest BCUT2D eigenvalue weighted by atomic mass is 16.1. The summed E-state index contributed by atoms with van der Waals surface area (Å²) in [4.78, 5) is 18.6. The molecule has 2 aromatic rings. The maximum atomic E-state index is 12.2. The van der Waals surface area contributed by atoms with Crippen LogP contribution in [0.4, 0.5) is 11.5 Å². The molecule has 134 valence electrons. The van der Waals surface area contributed by atoms with Gasteiger partial charge in [-0.05, 0) is 62.8 Å². The van der Waals surface area contributed by atoms with Gasteiger partial charge in [-0.15, -0.1) is 0 Å². The Balaban J connectivity index is 1.94. The zero-order valence-electron chi connectivity index (χ0n) is 15.5. The summed E-state index contributed by atoms with van der Waals surface area (Å²) in [6, 6.07) is 11.8. The number of rotatable bonds is 8. The van der Waals surface area contributed by atoms with Crippen LogP contribution in [-0.2, 0) is 0 Å². The summed E-state index contributed by atoms with van der Waals surface area (Å²) in [6.45, 7) is 5.96. The van der Waals surface area contributed by atoms with Crippen LogP contribution >= 0.6 is 0 Å². The Kier molecular flexibility index (Phi) is 6.95. The molecule has 25 heavy (non-hydrogen) atoms. The van der Waals surface area contributed by atoms with E-state index in [1.807, 2.05) is 26.2 Å². The molecule has 1 aromatic heterocycles. The second-order valence-electron chi connectivity index (χ2n) is 6.74. The lowest BCUT2D eigenvalue weighted by atomic mass is 10.0. The third-order valence-electron chi connectivity index (χ3n) is 3.94. The molecule has 1 aromatic carbocycles. The molecule has 5 heteroatoms. The molecule has 0 bridgehead atoms. The monoisotopic (exact) mass is 340 g/mol. The average Bonchev–Trinajstić information content (AvgIpc) is 2.59. The van der Waals surface area contributed by atoms with Crippen molar-refractivity contribution in [1.82, 2.24) is 15.2 Å². The number of carbonyl (C=O) groups excluding carboxylic acids is 1. The lowest BCUT2D eigenvalue weighted by Gasteiger charge is -2.11. The van der Waals surface area contributed by atoms with Crippen LogP contribution in [-0.4, -0.2) is 43.0 Å². The highest BCUT2D eigenvalue weighted by molar-refractivity contribution is 5.94. The van der Waals surface area contributed by atoms with Gasteiger partial charge in [0.15, 0.2) is 0 Å². The van der Waals surface area contributed by atoms with E-state index in [1.54, 1.807) is 18.3 Å². The molecule has 0 radical (unpaired) electrons. The largest absolute Gasteiger partial charge is 0.352 e. The summed E-state index contributed by atoms with van der Waals surface area (Å²) in [5.74, 6) is 1.10. The molecule has 2 N–H and O–H groups in total. The van der Waals surface area contributed by atoms with Crippen molar-refractivity contribution in [3.63, 3.8) is 0 Å². The van der Waals surface area contributed by atoms with Crippen molar-refractivity contribution in [1.29, 1.82) is 0 Å². The minimum Gasteiger partial charge on any atom is -0.352 e. The second-order valence-corrected chi connectivity index (χ2v) is 6.74. The van der Waals surface area contributed by atoms with E-state index in [-0.39, 0.29) is 5.91 Å². The van der Waals surface area contributed by atoms with Gasteiger partial charge >= 0.3 is 0 Å². The first-order valence-corrected chi connectivity index (χ1v) is 8.71. The van der Waals surface area contributed by atoms with Gasteiger partial charge < -0.3 is 15.5 Å². The molecular weight excluding hydrogens is 312 g/mol. The van der Waals surface area contributed by atoms with Gasteiger partial charge in [-0.1, -0.05) is 26.0 Å². The Morgan fingerprint density at radius 1 is 1.16 bits per heavy atom. The van der Waals surface area contributed by atoms with Gasteiger partial charge in [-0.25, -0.2) is 4.98 Å². The van der Waals surface area contributed by atoms with Crippen LogP contribution in [0.2, 0.25) is 0 Å². The number of anilines is 2. The summed E-state index contributed by atoms with van der Waals surface area (Å²) in [7, 11) is 4.05. The minimum atomic E-state index is -0.0700. The quantitative estimate of drug-likeness (QED) is 0.721. The molecule has 0 unspecified atom stereocenters. The predicted octanol–water partition coefficient (Wildman–Crippen LogP) is 3.63. The average molecular weight is 340 g/mol. The Hall–Kier alpha value is -2.40. The van der Waals surface area contributed by atoms with Gasteiger partial charge in [-0.2, -0.15) is 0 Å². The van der Waals surface area contributed by atoms with Crippen LogP contribution in [0.3, 0.4) is 0 Å². The van der Waals surface area contributed by atoms with Crippen molar-refractivity contribution in [2.24, 2.45) is 0 Å². The zero-order chi connectivity index (χ0) is 18.2. The Labute approximate surface area is 150 Å². The normalized spacial score (nSPS) is 11.0. The fraction of sp³-hybridized carbons (Fsp3) is 0.400. The molecule has 0 aliphatic heterocycles. The second kappa shape index (κ2) is 9.18. The van der Waals surface area contributed by atoms with Gasteiger partial charge in [-0.3, -0.25) is 4.79 Å². The molecule has 2 rings (SSSR count). The van der Waals surface area contributed by atoms with Gasteiger partial charge in [0.2, 0.25) is 0 Å². The first-order chi connectivity index (χ1) is 12.0. The number of carbonyl (C=O) groups is 1. The van der Waals surface area contributed by atoms with E-state index >= 15 is 0 Å². The molecule has 0 atom stereocenters. The third kappa shape index (κ3) is 6.19. The summed E-state index contributed by atoms with van der Waals surface area (Å²) in [5, 5.41) is 6.19.